The molecule has 5 nitrogen and oxygen atoms in total. The monoisotopic (exact) mass is 374 g/mol. The van der Waals surface area contributed by atoms with Crippen LogP contribution in [0.4, 0.5) is 5.13 Å². The van der Waals surface area contributed by atoms with E-state index in [2.05, 4.69) is 36.2 Å². The zero-order chi connectivity index (χ0) is 15.5. The van der Waals surface area contributed by atoms with Crippen LogP contribution in [0.2, 0.25) is 0 Å². The van der Waals surface area contributed by atoms with E-state index in [1.807, 2.05) is 31.2 Å². The van der Waals surface area contributed by atoms with Crippen LogP contribution in [-0.4, -0.2) is 20.9 Å². The minimum atomic E-state index is -0.316. The number of benzene rings is 1. The molecular formula is C15H11BrN4OS. The fourth-order valence-electron chi connectivity index (χ4n) is 1.90. The van der Waals surface area contributed by atoms with Crippen LogP contribution in [0.25, 0.3) is 11.3 Å². The number of hydrogen-bond donors (Lipinski definition) is 1. The van der Waals surface area contributed by atoms with E-state index in [0.29, 0.717) is 5.13 Å². The summed E-state index contributed by atoms with van der Waals surface area (Å²) in [5, 5.41) is 3.30. The number of anilines is 1. The van der Waals surface area contributed by atoms with Crippen molar-refractivity contribution in [3.8, 4) is 11.3 Å². The molecule has 0 aliphatic heterocycles. The number of nitrogens with zero attached hydrogens (tertiary/aromatic N) is 3. The maximum Gasteiger partial charge on any atom is 0.277 e. The van der Waals surface area contributed by atoms with Gasteiger partial charge in [0.15, 0.2) is 5.13 Å². The first-order valence-electron chi connectivity index (χ1n) is 6.44. The van der Waals surface area contributed by atoms with Gasteiger partial charge < -0.3 is 0 Å². The fourth-order valence-corrected chi connectivity index (χ4v) is 3.00. The summed E-state index contributed by atoms with van der Waals surface area (Å²) in [5.74, 6) is -0.316. The highest BCUT2D eigenvalue weighted by atomic mass is 79.9. The van der Waals surface area contributed by atoms with Crippen molar-refractivity contribution in [2.24, 2.45) is 0 Å². The van der Waals surface area contributed by atoms with Crippen molar-refractivity contribution >= 4 is 38.3 Å². The quantitative estimate of drug-likeness (QED) is 0.754. The Labute approximate surface area is 139 Å². The second kappa shape index (κ2) is 6.33. The molecule has 0 unspecified atom stereocenters. The molecule has 0 atom stereocenters. The van der Waals surface area contributed by atoms with Gasteiger partial charge in [0.05, 0.1) is 11.9 Å². The third kappa shape index (κ3) is 3.20. The van der Waals surface area contributed by atoms with E-state index in [9.17, 15) is 4.79 Å². The van der Waals surface area contributed by atoms with Gasteiger partial charge in [-0.1, -0.05) is 28.1 Å². The first-order chi connectivity index (χ1) is 10.6. The lowest BCUT2D eigenvalue weighted by Crippen LogP contribution is -2.13. The van der Waals surface area contributed by atoms with E-state index in [-0.39, 0.29) is 11.6 Å². The van der Waals surface area contributed by atoms with E-state index in [4.69, 9.17) is 0 Å². The molecule has 0 radical (unpaired) electrons. The molecule has 3 aromatic rings. The fraction of sp³-hybridized carbons (Fsp3) is 0.0667. The van der Waals surface area contributed by atoms with E-state index in [1.54, 1.807) is 0 Å². The van der Waals surface area contributed by atoms with Crippen molar-refractivity contribution in [3.05, 3.63) is 57.9 Å². The van der Waals surface area contributed by atoms with Crippen molar-refractivity contribution in [3.63, 3.8) is 0 Å². The highest BCUT2D eigenvalue weighted by Gasteiger charge is 2.13. The van der Waals surface area contributed by atoms with E-state index >= 15 is 0 Å². The lowest BCUT2D eigenvalue weighted by atomic mass is 10.1. The van der Waals surface area contributed by atoms with Gasteiger partial charge in [-0.3, -0.25) is 15.1 Å². The van der Waals surface area contributed by atoms with Crippen LogP contribution >= 0.6 is 27.3 Å². The predicted octanol–water partition coefficient (Wildman–Crippen LogP) is 3.92. The number of aryl methyl sites for hydroxylation is 1. The number of thiazole rings is 1. The Balaban J connectivity index is 1.83. The summed E-state index contributed by atoms with van der Waals surface area (Å²) in [7, 11) is 0. The number of rotatable bonds is 3. The topological polar surface area (TPSA) is 67.8 Å². The van der Waals surface area contributed by atoms with Crippen molar-refractivity contribution in [2.45, 2.75) is 6.92 Å². The number of hydrogen-bond acceptors (Lipinski definition) is 5. The van der Waals surface area contributed by atoms with Crippen LogP contribution in [0.5, 0.6) is 0 Å². The van der Waals surface area contributed by atoms with Gasteiger partial charge in [0.25, 0.3) is 5.91 Å². The average Bonchev–Trinajstić information content (AvgIpc) is 2.89. The first-order valence-corrected chi connectivity index (χ1v) is 8.05. The Kier molecular flexibility index (Phi) is 4.26. The molecule has 0 spiro atoms. The second-order valence-corrected chi connectivity index (χ2v) is 6.59. The van der Waals surface area contributed by atoms with Crippen LogP contribution in [0.3, 0.4) is 0 Å². The molecule has 0 saturated carbocycles. The van der Waals surface area contributed by atoms with Crippen LogP contribution in [0.1, 0.15) is 15.4 Å². The minimum absolute atomic E-state index is 0.264. The van der Waals surface area contributed by atoms with E-state index in [1.165, 1.54) is 29.9 Å². The largest absolute Gasteiger partial charge is 0.296 e. The van der Waals surface area contributed by atoms with Gasteiger partial charge in [0, 0.05) is 27.3 Å². The van der Waals surface area contributed by atoms with Gasteiger partial charge in [-0.2, -0.15) is 0 Å². The van der Waals surface area contributed by atoms with Gasteiger partial charge >= 0.3 is 0 Å². The lowest BCUT2D eigenvalue weighted by molar-refractivity contribution is 0.102. The molecule has 1 N–H and O–H groups in total. The molecule has 0 saturated heterocycles. The predicted molar refractivity (Wildman–Crippen MR) is 90.0 cm³/mol. The maximum absolute atomic E-state index is 12.1. The molecule has 22 heavy (non-hydrogen) atoms. The molecule has 0 fully saturated rings. The molecule has 2 aromatic heterocycles. The Morgan fingerprint density at radius 1 is 1.23 bits per heavy atom. The number of carbonyl (C=O) groups is 1. The standard InChI is InChI=1S/C15H11BrN4OS/c1-9-13(10-2-4-11(16)5-3-10)19-15(22-9)20-14(21)12-8-17-6-7-18-12/h2-8H,1H3,(H,19,20,21). The number of amides is 1. The smallest absolute Gasteiger partial charge is 0.277 e. The number of carbonyl (C=O) groups excluding carboxylic acids is 1. The third-order valence-corrected chi connectivity index (χ3v) is 4.35. The van der Waals surface area contributed by atoms with Gasteiger partial charge in [0.1, 0.15) is 5.69 Å². The minimum Gasteiger partial charge on any atom is -0.296 e. The zero-order valence-electron chi connectivity index (χ0n) is 11.6. The molecule has 2 heterocycles. The summed E-state index contributed by atoms with van der Waals surface area (Å²) in [6.07, 6.45) is 4.43. The zero-order valence-corrected chi connectivity index (χ0v) is 14.0. The van der Waals surface area contributed by atoms with Gasteiger partial charge in [-0.05, 0) is 19.1 Å². The van der Waals surface area contributed by atoms with Crippen molar-refractivity contribution in [1.82, 2.24) is 15.0 Å². The van der Waals surface area contributed by atoms with E-state index in [0.717, 1.165) is 20.6 Å². The van der Waals surface area contributed by atoms with Crippen LogP contribution in [0, 0.1) is 6.92 Å². The Bertz CT molecular complexity index is 802. The highest BCUT2D eigenvalue weighted by molar-refractivity contribution is 9.10. The molecule has 3 rings (SSSR count). The van der Waals surface area contributed by atoms with E-state index < -0.39 is 0 Å². The van der Waals surface area contributed by atoms with Crippen molar-refractivity contribution < 1.29 is 4.79 Å². The molecule has 1 amide bonds. The molecular weight excluding hydrogens is 364 g/mol. The van der Waals surface area contributed by atoms with Crippen LogP contribution in [-0.2, 0) is 0 Å². The number of nitrogens with one attached hydrogen (secondary N) is 1. The second-order valence-electron chi connectivity index (χ2n) is 4.48. The Hall–Kier alpha value is -2.12. The lowest BCUT2D eigenvalue weighted by Gasteiger charge is -2.00. The van der Waals surface area contributed by atoms with Crippen molar-refractivity contribution in [2.75, 3.05) is 5.32 Å². The molecule has 110 valence electrons. The summed E-state index contributed by atoms with van der Waals surface area (Å²) in [5.41, 5.74) is 2.14. The number of halogens is 1. The van der Waals surface area contributed by atoms with Gasteiger partial charge in [0.2, 0.25) is 0 Å². The molecule has 0 aliphatic rings. The Morgan fingerprint density at radius 2 is 2.00 bits per heavy atom. The molecule has 7 heteroatoms. The SMILES string of the molecule is Cc1sc(NC(=O)c2cnccn2)nc1-c1ccc(Br)cc1. The average molecular weight is 375 g/mol. The number of aromatic nitrogens is 3. The normalized spacial score (nSPS) is 10.5. The summed E-state index contributed by atoms with van der Waals surface area (Å²) in [6, 6.07) is 7.90. The summed E-state index contributed by atoms with van der Waals surface area (Å²) >= 11 is 4.85. The molecule has 1 aromatic carbocycles. The van der Waals surface area contributed by atoms with Crippen molar-refractivity contribution in [1.29, 1.82) is 0 Å². The third-order valence-electron chi connectivity index (χ3n) is 2.93. The van der Waals surface area contributed by atoms with Crippen LogP contribution < -0.4 is 5.32 Å². The van der Waals surface area contributed by atoms with Gasteiger partial charge in [-0.25, -0.2) is 9.97 Å². The maximum atomic E-state index is 12.1. The summed E-state index contributed by atoms with van der Waals surface area (Å²) in [4.78, 5) is 25.4. The first kappa shape index (κ1) is 14.8. The van der Waals surface area contributed by atoms with Gasteiger partial charge in [-0.15, -0.1) is 11.3 Å². The Morgan fingerprint density at radius 3 is 2.68 bits per heavy atom. The molecule has 0 bridgehead atoms. The molecule has 0 aliphatic carbocycles. The summed E-state index contributed by atoms with van der Waals surface area (Å²) in [6.45, 7) is 1.98. The highest BCUT2D eigenvalue weighted by Crippen LogP contribution is 2.31. The summed E-state index contributed by atoms with van der Waals surface area (Å²) < 4.78 is 1.01. The van der Waals surface area contributed by atoms with Crippen LogP contribution in [0.15, 0.2) is 47.3 Å².